The molecule has 0 unspecified atom stereocenters. The third kappa shape index (κ3) is 3.92. The van der Waals surface area contributed by atoms with Crippen molar-refractivity contribution in [1.29, 1.82) is 0 Å². The summed E-state index contributed by atoms with van der Waals surface area (Å²) in [7, 11) is 1.59. The van der Waals surface area contributed by atoms with Crippen LogP contribution in [0.3, 0.4) is 0 Å². The van der Waals surface area contributed by atoms with Crippen LogP contribution < -0.4 is 10.1 Å². The SMILES string of the molecule is COc1ccc(-c2noc(CNC(=O)c3c(Cl)cccc3Cl)n2)cc1. The zero-order valence-electron chi connectivity index (χ0n) is 13.1. The lowest BCUT2D eigenvalue weighted by Crippen LogP contribution is -2.23. The normalized spacial score (nSPS) is 10.5. The first kappa shape index (κ1) is 17.3. The minimum Gasteiger partial charge on any atom is -0.497 e. The van der Waals surface area contributed by atoms with Crippen LogP contribution in [0.15, 0.2) is 47.0 Å². The second-order valence-electron chi connectivity index (χ2n) is 5.02. The van der Waals surface area contributed by atoms with Crippen LogP contribution in [0.4, 0.5) is 0 Å². The molecule has 0 radical (unpaired) electrons. The molecule has 0 spiro atoms. The number of carbonyl (C=O) groups excluding carboxylic acids is 1. The molecular formula is C17H13Cl2N3O3. The van der Waals surface area contributed by atoms with Crippen molar-refractivity contribution in [2.24, 2.45) is 0 Å². The fourth-order valence-corrected chi connectivity index (χ4v) is 2.71. The predicted molar refractivity (Wildman–Crippen MR) is 93.9 cm³/mol. The summed E-state index contributed by atoms with van der Waals surface area (Å²) in [6.07, 6.45) is 0. The molecule has 0 aliphatic carbocycles. The molecule has 0 aliphatic rings. The van der Waals surface area contributed by atoms with Crippen LogP contribution in [-0.4, -0.2) is 23.2 Å². The molecule has 2 aromatic carbocycles. The number of halogens is 2. The predicted octanol–water partition coefficient (Wildman–Crippen LogP) is 3.98. The topological polar surface area (TPSA) is 77.3 Å². The Bertz CT molecular complexity index is 874. The van der Waals surface area contributed by atoms with E-state index in [1.165, 1.54) is 0 Å². The molecule has 3 aromatic rings. The Kier molecular flexibility index (Phi) is 5.21. The van der Waals surface area contributed by atoms with E-state index in [0.29, 0.717) is 5.82 Å². The molecule has 1 heterocycles. The van der Waals surface area contributed by atoms with E-state index in [1.807, 2.05) is 12.1 Å². The van der Waals surface area contributed by atoms with Crippen molar-refractivity contribution in [3.05, 3.63) is 64.0 Å². The van der Waals surface area contributed by atoms with E-state index in [2.05, 4.69) is 15.5 Å². The molecule has 8 heteroatoms. The highest BCUT2D eigenvalue weighted by atomic mass is 35.5. The minimum atomic E-state index is -0.417. The van der Waals surface area contributed by atoms with Crippen LogP contribution in [0.1, 0.15) is 16.2 Å². The lowest BCUT2D eigenvalue weighted by Gasteiger charge is -2.06. The van der Waals surface area contributed by atoms with Crippen molar-refractivity contribution in [1.82, 2.24) is 15.5 Å². The molecule has 1 N–H and O–H groups in total. The molecule has 0 fully saturated rings. The van der Waals surface area contributed by atoms with Gasteiger partial charge >= 0.3 is 0 Å². The van der Waals surface area contributed by atoms with Crippen LogP contribution in [0, 0.1) is 0 Å². The van der Waals surface area contributed by atoms with Crippen molar-refractivity contribution in [2.45, 2.75) is 6.54 Å². The van der Waals surface area contributed by atoms with Gasteiger partial charge < -0.3 is 14.6 Å². The first-order chi connectivity index (χ1) is 12.1. The van der Waals surface area contributed by atoms with Gasteiger partial charge in [0.1, 0.15) is 5.75 Å². The van der Waals surface area contributed by atoms with Gasteiger partial charge in [-0.25, -0.2) is 0 Å². The molecule has 1 amide bonds. The van der Waals surface area contributed by atoms with Crippen LogP contribution in [0.25, 0.3) is 11.4 Å². The summed E-state index contributed by atoms with van der Waals surface area (Å²) in [6, 6.07) is 12.1. The van der Waals surface area contributed by atoms with Crippen molar-refractivity contribution >= 4 is 29.1 Å². The average molecular weight is 378 g/mol. The maximum absolute atomic E-state index is 12.2. The van der Waals surface area contributed by atoms with Gasteiger partial charge in [-0.3, -0.25) is 4.79 Å². The van der Waals surface area contributed by atoms with E-state index in [1.54, 1.807) is 37.4 Å². The van der Waals surface area contributed by atoms with Gasteiger partial charge in [0.15, 0.2) is 0 Å². The summed E-state index contributed by atoms with van der Waals surface area (Å²) in [5.74, 6) is 1.00. The van der Waals surface area contributed by atoms with Gasteiger partial charge in [0, 0.05) is 5.56 Å². The quantitative estimate of drug-likeness (QED) is 0.727. The molecule has 0 saturated heterocycles. The molecule has 25 heavy (non-hydrogen) atoms. The van der Waals surface area contributed by atoms with Crippen LogP contribution in [-0.2, 0) is 6.54 Å². The van der Waals surface area contributed by atoms with Gasteiger partial charge in [-0.2, -0.15) is 4.98 Å². The van der Waals surface area contributed by atoms with Gasteiger partial charge in [0.2, 0.25) is 11.7 Å². The summed E-state index contributed by atoms with van der Waals surface area (Å²) < 4.78 is 10.3. The summed E-state index contributed by atoms with van der Waals surface area (Å²) in [5.41, 5.74) is 0.983. The molecule has 0 bridgehead atoms. The van der Waals surface area contributed by atoms with Gasteiger partial charge in [-0.15, -0.1) is 0 Å². The van der Waals surface area contributed by atoms with Crippen LogP contribution >= 0.6 is 23.2 Å². The second kappa shape index (κ2) is 7.55. The number of rotatable bonds is 5. The second-order valence-corrected chi connectivity index (χ2v) is 5.83. The molecule has 6 nitrogen and oxygen atoms in total. The highest BCUT2D eigenvalue weighted by molar-refractivity contribution is 6.39. The number of hydrogen-bond donors (Lipinski definition) is 1. The molecule has 0 saturated carbocycles. The summed E-state index contributed by atoms with van der Waals surface area (Å²) >= 11 is 12.0. The van der Waals surface area contributed by atoms with E-state index in [9.17, 15) is 4.79 Å². The van der Waals surface area contributed by atoms with Gasteiger partial charge in [-0.1, -0.05) is 34.4 Å². The summed E-state index contributed by atoms with van der Waals surface area (Å²) in [6.45, 7) is 0.0591. The number of ether oxygens (including phenoxy) is 1. The van der Waals surface area contributed by atoms with E-state index in [0.717, 1.165) is 11.3 Å². The third-order valence-corrected chi connectivity index (χ3v) is 4.04. The van der Waals surface area contributed by atoms with Crippen molar-refractivity contribution in [3.63, 3.8) is 0 Å². The van der Waals surface area contributed by atoms with E-state index < -0.39 is 5.91 Å². The Morgan fingerprint density at radius 2 is 1.84 bits per heavy atom. The molecule has 3 rings (SSSR count). The Morgan fingerprint density at radius 3 is 2.48 bits per heavy atom. The highest BCUT2D eigenvalue weighted by Gasteiger charge is 2.16. The maximum atomic E-state index is 12.2. The molecule has 128 valence electrons. The van der Waals surface area contributed by atoms with Crippen molar-refractivity contribution < 1.29 is 14.1 Å². The number of nitrogens with zero attached hydrogens (tertiary/aromatic N) is 2. The smallest absolute Gasteiger partial charge is 0.254 e. The number of nitrogens with one attached hydrogen (secondary N) is 1. The number of benzene rings is 2. The van der Waals surface area contributed by atoms with E-state index >= 15 is 0 Å². The molecule has 0 aliphatic heterocycles. The van der Waals surface area contributed by atoms with Gasteiger partial charge in [0.25, 0.3) is 5.91 Å². The zero-order valence-corrected chi connectivity index (χ0v) is 14.6. The molecular weight excluding hydrogens is 365 g/mol. The Balaban J connectivity index is 1.68. The first-order valence-electron chi connectivity index (χ1n) is 7.27. The lowest BCUT2D eigenvalue weighted by molar-refractivity contribution is 0.0946. The monoisotopic (exact) mass is 377 g/mol. The minimum absolute atomic E-state index is 0.0591. The third-order valence-electron chi connectivity index (χ3n) is 3.41. The number of hydrogen-bond acceptors (Lipinski definition) is 5. The Morgan fingerprint density at radius 1 is 1.16 bits per heavy atom. The van der Waals surface area contributed by atoms with Crippen molar-refractivity contribution in [2.75, 3.05) is 7.11 Å². The number of methoxy groups -OCH3 is 1. The highest BCUT2D eigenvalue weighted by Crippen LogP contribution is 2.24. The zero-order chi connectivity index (χ0) is 17.8. The number of carbonyl (C=O) groups is 1. The molecule has 0 atom stereocenters. The van der Waals surface area contributed by atoms with Crippen molar-refractivity contribution in [3.8, 4) is 17.1 Å². The van der Waals surface area contributed by atoms with Gasteiger partial charge in [-0.05, 0) is 36.4 Å². The fraction of sp³-hybridized carbons (Fsp3) is 0.118. The van der Waals surface area contributed by atoms with Crippen LogP contribution in [0.5, 0.6) is 5.75 Å². The Labute approximate surface area is 153 Å². The average Bonchev–Trinajstić information content (AvgIpc) is 3.09. The largest absolute Gasteiger partial charge is 0.497 e. The van der Waals surface area contributed by atoms with E-state index in [-0.39, 0.29) is 28.0 Å². The van der Waals surface area contributed by atoms with Crippen LogP contribution in [0.2, 0.25) is 10.0 Å². The molecule has 1 aromatic heterocycles. The Hall–Kier alpha value is -2.57. The summed E-state index contributed by atoms with van der Waals surface area (Å²) in [4.78, 5) is 16.5. The van der Waals surface area contributed by atoms with E-state index in [4.69, 9.17) is 32.5 Å². The standard InChI is InChI=1S/C17H13Cl2N3O3/c1-24-11-7-5-10(6-8-11)16-21-14(25-22-16)9-20-17(23)15-12(18)3-2-4-13(15)19/h2-8H,9H2,1H3,(H,20,23). The first-order valence-corrected chi connectivity index (χ1v) is 8.03. The lowest BCUT2D eigenvalue weighted by atomic mass is 10.2. The summed E-state index contributed by atoms with van der Waals surface area (Å²) in [5, 5.41) is 7.10. The fourth-order valence-electron chi connectivity index (χ4n) is 2.14. The number of aromatic nitrogens is 2. The maximum Gasteiger partial charge on any atom is 0.254 e. The van der Waals surface area contributed by atoms with Gasteiger partial charge in [0.05, 0.1) is 29.3 Å². The number of amides is 1.